The first-order valence-electron chi connectivity index (χ1n) is 10.2. The molecular formula is C22H18ClFN4O6S2. The number of nitrogens with one attached hydrogen (secondary N) is 2. The summed E-state index contributed by atoms with van der Waals surface area (Å²) in [6.07, 6.45) is 0.898. The molecule has 0 spiro atoms. The number of nitrogens with zero attached hydrogens (tertiary/aromatic N) is 2. The van der Waals surface area contributed by atoms with Gasteiger partial charge in [0.2, 0.25) is 19.9 Å². The molecule has 2 aromatic carbocycles. The van der Waals surface area contributed by atoms with Crippen molar-refractivity contribution in [3.63, 3.8) is 0 Å². The average molecular weight is 553 g/mol. The standard InChI is InChI=1S/C22H18ClFN4O6S2/c1-11-20(29)18(22(30)28(11)10-12-4-6-15(24)14(23)8-12)19-21(25-2)36(33,34)17-9-13(27-35(3,31)32)5-7-16(17)26-19/h4-9,11,26-27,29H,10H2,1,3H3. The van der Waals surface area contributed by atoms with Gasteiger partial charge in [-0.2, -0.15) is 0 Å². The van der Waals surface area contributed by atoms with Gasteiger partial charge < -0.3 is 15.3 Å². The molecule has 1 atom stereocenters. The van der Waals surface area contributed by atoms with E-state index in [0.717, 1.165) is 18.4 Å². The van der Waals surface area contributed by atoms with E-state index >= 15 is 0 Å². The fourth-order valence-corrected chi connectivity index (χ4v) is 6.10. The number of rotatable bonds is 5. The van der Waals surface area contributed by atoms with E-state index in [4.69, 9.17) is 18.2 Å². The van der Waals surface area contributed by atoms with Crippen LogP contribution in [0.15, 0.2) is 63.4 Å². The molecule has 0 fully saturated rings. The number of sulfone groups is 1. The van der Waals surface area contributed by atoms with E-state index in [0.29, 0.717) is 5.56 Å². The highest BCUT2D eigenvalue weighted by atomic mass is 35.5. The minimum atomic E-state index is -4.50. The summed E-state index contributed by atoms with van der Waals surface area (Å²) in [5.74, 6) is -1.84. The van der Waals surface area contributed by atoms with Crippen LogP contribution in [0, 0.1) is 12.4 Å². The molecule has 0 radical (unpaired) electrons. The van der Waals surface area contributed by atoms with Crippen molar-refractivity contribution in [3.8, 4) is 0 Å². The number of hydrogen-bond donors (Lipinski definition) is 3. The number of amides is 1. The van der Waals surface area contributed by atoms with Crippen LogP contribution in [0.3, 0.4) is 0 Å². The molecule has 4 rings (SSSR count). The number of sulfonamides is 1. The van der Waals surface area contributed by atoms with E-state index in [2.05, 4.69) is 14.9 Å². The van der Waals surface area contributed by atoms with Gasteiger partial charge in [0, 0.05) is 12.2 Å². The molecule has 0 saturated heterocycles. The molecule has 1 unspecified atom stereocenters. The highest BCUT2D eigenvalue weighted by Gasteiger charge is 2.44. The molecule has 3 N–H and O–H groups in total. The number of aliphatic hydroxyl groups is 1. The SMILES string of the molecule is [C-]#[N+]C1=C(C2=C(O)C(C)N(Cc3ccc(F)c(Cl)c3)C2=O)Nc2ccc(NS(C)(=O)=O)cc2S1(=O)=O. The van der Waals surface area contributed by atoms with E-state index in [-0.39, 0.29) is 27.8 Å². The Hall–Kier alpha value is -3.60. The van der Waals surface area contributed by atoms with Crippen LogP contribution in [0.25, 0.3) is 4.85 Å². The van der Waals surface area contributed by atoms with Gasteiger partial charge in [0.15, 0.2) is 0 Å². The maximum Gasteiger partial charge on any atom is 0.306 e. The third-order valence-corrected chi connectivity index (χ3v) is 8.20. The molecule has 0 bridgehead atoms. The van der Waals surface area contributed by atoms with Crippen LogP contribution < -0.4 is 10.0 Å². The Morgan fingerprint density at radius 2 is 1.97 bits per heavy atom. The largest absolute Gasteiger partial charge is 0.509 e. The Bertz CT molecular complexity index is 1640. The summed E-state index contributed by atoms with van der Waals surface area (Å²) < 4.78 is 65.3. The Kier molecular flexibility index (Phi) is 6.24. The predicted molar refractivity (Wildman–Crippen MR) is 130 cm³/mol. The molecule has 10 nitrogen and oxygen atoms in total. The first kappa shape index (κ1) is 25.5. The quantitative estimate of drug-likeness (QED) is 0.483. The van der Waals surface area contributed by atoms with Crippen molar-refractivity contribution in [3.05, 3.63) is 86.3 Å². The Morgan fingerprint density at radius 1 is 1.28 bits per heavy atom. The molecule has 188 valence electrons. The van der Waals surface area contributed by atoms with Gasteiger partial charge in [-0.15, -0.1) is 0 Å². The van der Waals surface area contributed by atoms with Crippen molar-refractivity contribution >= 4 is 48.7 Å². The van der Waals surface area contributed by atoms with Crippen LogP contribution in [0.5, 0.6) is 0 Å². The van der Waals surface area contributed by atoms with E-state index in [1.807, 2.05) is 0 Å². The molecule has 2 heterocycles. The lowest BCUT2D eigenvalue weighted by Gasteiger charge is -2.24. The number of carbonyl (C=O) groups excluding carboxylic acids is 1. The summed E-state index contributed by atoms with van der Waals surface area (Å²) in [6.45, 7) is 8.94. The van der Waals surface area contributed by atoms with Crippen LogP contribution in [-0.2, 0) is 31.2 Å². The molecule has 2 aliphatic rings. The van der Waals surface area contributed by atoms with Crippen molar-refractivity contribution in [1.82, 2.24) is 4.90 Å². The zero-order valence-corrected chi connectivity index (χ0v) is 21.1. The summed E-state index contributed by atoms with van der Waals surface area (Å²) in [4.78, 5) is 17.3. The summed E-state index contributed by atoms with van der Waals surface area (Å²) in [5.41, 5.74) is -0.368. The Morgan fingerprint density at radius 3 is 2.58 bits per heavy atom. The number of anilines is 2. The smallest absolute Gasteiger partial charge is 0.306 e. The van der Waals surface area contributed by atoms with Gasteiger partial charge in [0.1, 0.15) is 11.6 Å². The highest BCUT2D eigenvalue weighted by molar-refractivity contribution is 7.95. The minimum Gasteiger partial charge on any atom is -0.509 e. The number of hydrogen-bond acceptors (Lipinski definition) is 7. The van der Waals surface area contributed by atoms with Gasteiger partial charge >= 0.3 is 5.03 Å². The summed E-state index contributed by atoms with van der Waals surface area (Å²) in [6, 6.07) is 6.64. The second kappa shape index (κ2) is 8.81. The van der Waals surface area contributed by atoms with Crippen LogP contribution in [0.2, 0.25) is 5.02 Å². The van der Waals surface area contributed by atoms with E-state index < -0.39 is 59.7 Å². The summed E-state index contributed by atoms with van der Waals surface area (Å²) in [7, 11) is -8.19. The van der Waals surface area contributed by atoms with Gasteiger partial charge in [-0.3, -0.25) is 9.52 Å². The number of fused-ring (bicyclic) bond motifs is 1. The lowest BCUT2D eigenvalue weighted by atomic mass is 10.1. The van der Waals surface area contributed by atoms with Gasteiger partial charge in [-0.05, 0) is 42.8 Å². The van der Waals surface area contributed by atoms with Crippen molar-refractivity contribution in [1.29, 1.82) is 0 Å². The third kappa shape index (κ3) is 4.39. The van der Waals surface area contributed by atoms with Crippen molar-refractivity contribution in [2.24, 2.45) is 0 Å². The number of benzene rings is 2. The average Bonchev–Trinajstić information content (AvgIpc) is 2.98. The zero-order valence-electron chi connectivity index (χ0n) is 18.7. The third-order valence-electron chi connectivity index (χ3n) is 5.59. The molecule has 2 aromatic rings. The summed E-state index contributed by atoms with van der Waals surface area (Å²) in [5, 5.41) is 12.6. The first-order chi connectivity index (χ1) is 16.7. The number of aliphatic hydroxyl groups excluding tert-OH is 1. The highest BCUT2D eigenvalue weighted by Crippen LogP contribution is 2.42. The Balaban J connectivity index is 1.76. The lowest BCUT2D eigenvalue weighted by molar-refractivity contribution is -0.127. The van der Waals surface area contributed by atoms with Crippen LogP contribution >= 0.6 is 11.6 Å². The molecule has 14 heteroatoms. The topological polar surface area (TPSA) is 137 Å². The molecule has 1 amide bonds. The Labute approximate surface area is 211 Å². The van der Waals surface area contributed by atoms with Crippen molar-refractivity contribution < 1.29 is 31.1 Å². The maximum atomic E-state index is 13.5. The minimum absolute atomic E-state index is 0.0130. The van der Waals surface area contributed by atoms with Gasteiger partial charge in [-0.1, -0.05) is 17.7 Å². The second-order valence-electron chi connectivity index (χ2n) is 8.12. The van der Waals surface area contributed by atoms with Crippen LogP contribution in [0.4, 0.5) is 15.8 Å². The fraction of sp³-hybridized carbons (Fsp3) is 0.182. The zero-order chi connectivity index (χ0) is 26.6. The predicted octanol–water partition coefficient (Wildman–Crippen LogP) is 3.38. The number of carbonyl (C=O) groups is 1. The summed E-state index contributed by atoms with van der Waals surface area (Å²) >= 11 is 5.82. The van der Waals surface area contributed by atoms with Crippen LogP contribution in [0.1, 0.15) is 12.5 Å². The van der Waals surface area contributed by atoms with Gasteiger partial charge in [0.05, 0.1) is 45.7 Å². The molecule has 2 aliphatic heterocycles. The van der Waals surface area contributed by atoms with Gasteiger partial charge in [-0.25, -0.2) is 26.1 Å². The molecule has 0 aromatic heterocycles. The van der Waals surface area contributed by atoms with Crippen LogP contribution in [-0.4, -0.2) is 45.0 Å². The van der Waals surface area contributed by atoms with E-state index in [9.17, 15) is 31.1 Å². The molecule has 36 heavy (non-hydrogen) atoms. The van der Waals surface area contributed by atoms with E-state index in [1.165, 1.54) is 36.1 Å². The van der Waals surface area contributed by atoms with Crippen molar-refractivity contribution in [2.45, 2.75) is 24.4 Å². The maximum absolute atomic E-state index is 13.5. The second-order valence-corrected chi connectivity index (χ2v) is 12.1. The fourth-order valence-electron chi connectivity index (χ4n) is 3.90. The van der Waals surface area contributed by atoms with Gasteiger partial charge in [0.25, 0.3) is 5.91 Å². The molecule has 0 saturated carbocycles. The first-order valence-corrected chi connectivity index (χ1v) is 13.9. The normalized spacial score (nSPS) is 19.1. The monoisotopic (exact) mass is 552 g/mol. The van der Waals surface area contributed by atoms with Crippen molar-refractivity contribution in [2.75, 3.05) is 16.3 Å². The number of halogens is 2. The molecule has 0 aliphatic carbocycles. The lowest BCUT2D eigenvalue weighted by Crippen LogP contribution is -2.34. The molecular weight excluding hydrogens is 535 g/mol. The van der Waals surface area contributed by atoms with E-state index in [1.54, 1.807) is 0 Å².